The first-order valence-electron chi connectivity index (χ1n) is 8.32. The van der Waals surface area contributed by atoms with Crippen molar-refractivity contribution in [2.75, 3.05) is 26.2 Å². The molecular formula is C17H33N3O2. The van der Waals surface area contributed by atoms with Crippen molar-refractivity contribution in [2.45, 2.75) is 52.7 Å². The summed E-state index contributed by atoms with van der Waals surface area (Å²) in [6.45, 7) is 15.1. The standard InChI is InChI=1S/C17H33N3O2/c1-6-9-20-10-7-14(8-11-20)19-16(22)18-12-17(4,5)15(21)13(2)3/h6,13-15,21H,1,7-12H2,2-5H3,(H2,18,19,22)/t15-/m0/s1. The Hall–Kier alpha value is -1.07. The molecule has 2 amide bonds. The Balaban J connectivity index is 2.31. The highest BCUT2D eigenvalue weighted by molar-refractivity contribution is 5.74. The molecule has 5 nitrogen and oxygen atoms in total. The van der Waals surface area contributed by atoms with Crippen LogP contribution in [-0.4, -0.2) is 54.4 Å². The van der Waals surface area contributed by atoms with Gasteiger partial charge in [-0.3, -0.25) is 4.90 Å². The number of amides is 2. The molecular weight excluding hydrogens is 278 g/mol. The number of urea groups is 1. The molecule has 0 aromatic carbocycles. The van der Waals surface area contributed by atoms with Crippen LogP contribution in [0.4, 0.5) is 4.79 Å². The number of nitrogens with one attached hydrogen (secondary N) is 2. The van der Waals surface area contributed by atoms with Crippen molar-refractivity contribution < 1.29 is 9.90 Å². The van der Waals surface area contributed by atoms with E-state index in [1.807, 2.05) is 33.8 Å². The third-order valence-electron chi connectivity index (χ3n) is 4.45. The summed E-state index contributed by atoms with van der Waals surface area (Å²) in [5.41, 5.74) is -0.334. The first-order chi connectivity index (χ1) is 10.3. The molecule has 1 rings (SSSR count). The Labute approximate surface area is 135 Å². The van der Waals surface area contributed by atoms with Crippen LogP contribution in [0.1, 0.15) is 40.5 Å². The third-order valence-corrected chi connectivity index (χ3v) is 4.45. The quantitative estimate of drug-likeness (QED) is 0.630. The number of hydrogen-bond donors (Lipinski definition) is 3. The zero-order chi connectivity index (χ0) is 16.8. The van der Waals surface area contributed by atoms with Crippen molar-refractivity contribution in [3.05, 3.63) is 12.7 Å². The molecule has 0 bridgehead atoms. The molecule has 1 atom stereocenters. The van der Waals surface area contributed by atoms with E-state index < -0.39 is 6.10 Å². The van der Waals surface area contributed by atoms with Gasteiger partial charge in [0.1, 0.15) is 0 Å². The number of rotatable bonds is 7. The molecule has 3 N–H and O–H groups in total. The molecule has 0 radical (unpaired) electrons. The van der Waals surface area contributed by atoms with Crippen LogP contribution >= 0.6 is 0 Å². The van der Waals surface area contributed by atoms with Gasteiger partial charge in [-0.25, -0.2) is 4.79 Å². The van der Waals surface area contributed by atoms with Gasteiger partial charge in [0.2, 0.25) is 0 Å². The van der Waals surface area contributed by atoms with Crippen LogP contribution in [-0.2, 0) is 0 Å². The number of carbonyl (C=O) groups excluding carboxylic acids is 1. The SMILES string of the molecule is C=CCN1CCC(NC(=O)NCC(C)(C)[C@@H](O)C(C)C)CC1. The van der Waals surface area contributed by atoms with Gasteiger partial charge in [0.25, 0.3) is 0 Å². The number of hydrogen-bond acceptors (Lipinski definition) is 3. The smallest absolute Gasteiger partial charge is 0.315 e. The van der Waals surface area contributed by atoms with Gasteiger partial charge in [-0.2, -0.15) is 0 Å². The molecule has 22 heavy (non-hydrogen) atoms. The Morgan fingerprint density at radius 3 is 2.50 bits per heavy atom. The van der Waals surface area contributed by atoms with Crippen LogP contribution in [0.25, 0.3) is 0 Å². The lowest BCUT2D eigenvalue weighted by Crippen LogP contribution is -2.51. The van der Waals surface area contributed by atoms with E-state index in [1.54, 1.807) is 0 Å². The van der Waals surface area contributed by atoms with Gasteiger partial charge in [0.05, 0.1) is 6.10 Å². The number of aliphatic hydroxyl groups is 1. The minimum atomic E-state index is -0.435. The minimum absolute atomic E-state index is 0.133. The second-order valence-corrected chi connectivity index (χ2v) is 7.37. The Morgan fingerprint density at radius 1 is 1.41 bits per heavy atom. The number of likely N-dealkylation sites (tertiary alicyclic amines) is 1. The van der Waals surface area contributed by atoms with Gasteiger partial charge in [0.15, 0.2) is 0 Å². The van der Waals surface area contributed by atoms with Crippen LogP contribution < -0.4 is 10.6 Å². The normalized spacial score (nSPS) is 19.0. The summed E-state index contributed by atoms with van der Waals surface area (Å²) in [6.07, 6.45) is 3.43. The van der Waals surface area contributed by atoms with Crippen LogP contribution in [0, 0.1) is 11.3 Å². The van der Waals surface area contributed by atoms with Crippen LogP contribution in [0.5, 0.6) is 0 Å². The summed E-state index contributed by atoms with van der Waals surface area (Å²) in [7, 11) is 0. The zero-order valence-electron chi connectivity index (χ0n) is 14.6. The van der Waals surface area contributed by atoms with E-state index >= 15 is 0 Å². The lowest BCUT2D eigenvalue weighted by molar-refractivity contribution is 0.0151. The molecule has 0 spiro atoms. The highest BCUT2D eigenvalue weighted by Crippen LogP contribution is 2.25. The van der Waals surface area contributed by atoms with E-state index in [0.29, 0.717) is 6.54 Å². The average Bonchev–Trinajstić information content (AvgIpc) is 2.46. The fourth-order valence-electron chi connectivity index (χ4n) is 2.99. The predicted molar refractivity (Wildman–Crippen MR) is 90.8 cm³/mol. The molecule has 1 aliphatic heterocycles. The lowest BCUT2D eigenvalue weighted by atomic mass is 9.81. The van der Waals surface area contributed by atoms with Crippen LogP contribution in [0.2, 0.25) is 0 Å². The van der Waals surface area contributed by atoms with Crippen LogP contribution in [0.3, 0.4) is 0 Å². The molecule has 0 unspecified atom stereocenters. The largest absolute Gasteiger partial charge is 0.392 e. The van der Waals surface area contributed by atoms with E-state index in [-0.39, 0.29) is 23.4 Å². The zero-order valence-corrected chi connectivity index (χ0v) is 14.6. The summed E-state index contributed by atoms with van der Waals surface area (Å²) in [4.78, 5) is 14.4. The lowest BCUT2D eigenvalue weighted by Gasteiger charge is -2.34. The van der Waals surface area contributed by atoms with E-state index in [0.717, 1.165) is 32.5 Å². The molecule has 0 aromatic rings. The van der Waals surface area contributed by atoms with Gasteiger partial charge >= 0.3 is 6.03 Å². The molecule has 1 aliphatic rings. The number of piperidine rings is 1. The van der Waals surface area contributed by atoms with Gasteiger partial charge in [-0.05, 0) is 18.8 Å². The van der Waals surface area contributed by atoms with Crippen molar-refractivity contribution in [2.24, 2.45) is 11.3 Å². The summed E-state index contributed by atoms with van der Waals surface area (Å²) >= 11 is 0. The number of aliphatic hydroxyl groups excluding tert-OH is 1. The maximum atomic E-state index is 12.0. The van der Waals surface area contributed by atoms with Crippen LogP contribution in [0.15, 0.2) is 12.7 Å². The van der Waals surface area contributed by atoms with E-state index in [1.165, 1.54) is 0 Å². The van der Waals surface area contributed by atoms with Crippen molar-refractivity contribution in [1.29, 1.82) is 0 Å². The molecule has 0 aromatic heterocycles. The first kappa shape index (κ1) is 19.0. The third kappa shape index (κ3) is 5.97. The summed E-state index contributed by atoms with van der Waals surface area (Å²) in [5, 5.41) is 16.1. The second-order valence-electron chi connectivity index (χ2n) is 7.37. The highest BCUT2D eigenvalue weighted by atomic mass is 16.3. The van der Waals surface area contributed by atoms with Gasteiger partial charge in [0, 0.05) is 37.6 Å². The van der Waals surface area contributed by atoms with Gasteiger partial charge in [-0.1, -0.05) is 33.8 Å². The molecule has 1 fully saturated rings. The molecule has 1 saturated heterocycles. The monoisotopic (exact) mass is 311 g/mol. The maximum Gasteiger partial charge on any atom is 0.315 e. The fourth-order valence-corrected chi connectivity index (χ4v) is 2.99. The second kappa shape index (κ2) is 8.53. The Bertz CT molecular complexity index is 361. The number of carbonyl (C=O) groups is 1. The van der Waals surface area contributed by atoms with Crippen molar-refractivity contribution >= 4 is 6.03 Å². The van der Waals surface area contributed by atoms with Gasteiger partial charge < -0.3 is 15.7 Å². The maximum absolute atomic E-state index is 12.0. The molecule has 1 heterocycles. The Kier molecular flexibility index (Phi) is 7.36. The van der Waals surface area contributed by atoms with Crippen molar-refractivity contribution in [3.63, 3.8) is 0 Å². The van der Waals surface area contributed by atoms with E-state index in [2.05, 4.69) is 22.1 Å². The topological polar surface area (TPSA) is 64.6 Å². The van der Waals surface area contributed by atoms with E-state index in [4.69, 9.17) is 0 Å². The fraction of sp³-hybridized carbons (Fsp3) is 0.824. The summed E-state index contributed by atoms with van der Waals surface area (Å²) in [5.74, 6) is 0.175. The molecule has 0 aliphatic carbocycles. The summed E-state index contributed by atoms with van der Waals surface area (Å²) in [6, 6.07) is 0.102. The average molecular weight is 311 g/mol. The molecule has 128 valence electrons. The highest BCUT2D eigenvalue weighted by Gasteiger charge is 2.30. The predicted octanol–water partition coefficient (Wildman–Crippen LogP) is 1.98. The van der Waals surface area contributed by atoms with E-state index in [9.17, 15) is 9.90 Å². The number of nitrogens with zero attached hydrogens (tertiary/aromatic N) is 1. The van der Waals surface area contributed by atoms with Gasteiger partial charge in [-0.15, -0.1) is 6.58 Å². The van der Waals surface area contributed by atoms with Crippen molar-refractivity contribution in [3.8, 4) is 0 Å². The molecule has 5 heteroatoms. The molecule has 0 saturated carbocycles. The minimum Gasteiger partial charge on any atom is -0.392 e. The van der Waals surface area contributed by atoms with Crippen molar-refractivity contribution in [1.82, 2.24) is 15.5 Å². The Morgan fingerprint density at radius 2 is 2.00 bits per heavy atom. The summed E-state index contributed by atoms with van der Waals surface area (Å²) < 4.78 is 0. The first-order valence-corrected chi connectivity index (χ1v) is 8.32.